The van der Waals surface area contributed by atoms with Crippen molar-refractivity contribution in [3.05, 3.63) is 70.8 Å². The summed E-state index contributed by atoms with van der Waals surface area (Å²) in [6.45, 7) is 3.79. The Balaban J connectivity index is 2.24. The highest BCUT2D eigenvalue weighted by Gasteiger charge is 2.00. The number of nitrogens with zero attached hydrogens (tertiary/aromatic N) is 1. The molecule has 0 fully saturated rings. The molecule has 2 aromatic carbocycles. The predicted octanol–water partition coefficient (Wildman–Crippen LogP) is 5.34. The van der Waals surface area contributed by atoms with Crippen molar-refractivity contribution in [1.82, 2.24) is 0 Å². The number of aliphatic hydroxyl groups excluding tert-OH is 1. The summed E-state index contributed by atoms with van der Waals surface area (Å²) < 4.78 is 0. The zero-order valence-corrected chi connectivity index (χ0v) is 12.2. The van der Waals surface area contributed by atoms with E-state index in [-0.39, 0.29) is 5.76 Å². The molecule has 0 aliphatic rings. The molecule has 0 saturated carbocycles. The molecule has 0 aliphatic carbocycles. The largest absolute Gasteiger partial charge is 0.507 e. The van der Waals surface area contributed by atoms with Crippen LogP contribution in [0.3, 0.4) is 0 Å². The first-order valence-corrected chi connectivity index (χ1v) is 6.71. The normalized spacial score (nSPS) is 12.6. The SMILES string of the molecule is CC(/C=C(\O)c1ccccc1)=N\c1ccc(C)c(Cl)c1. The Hall–Kier alpha value is -2.06. The number of hydrogen-bond acceptors (Lipinski definition) is 2. The molecule has 102 valence electrons. The fourth-order valence-electron chi connectivity index (χ4n) is 1.78. The van der Waals surface area contributed by atoms with Gasteiger partial charge in [-0.2, -0.15) is 0 Å². The number of halogens is 1. The van der Waals surface area contributed by atoms with E-state index in [9.17, 15) is 5.11 Å². The molecule has 0 radical (unpaired) electrons. The van der Waals surface area contributed by atoms with Crippen LogP contribution in [0, 0.1) is 6.92 Å². The molecule has 3 heteroatoms. The van der Waals surface area contributed by atoms with E-state index in [0.29, 0.717) is 10.7 Å². The highest BCUT2D eigenvalue weighted by molar-refractivity contribution is 6.31. The Labute approximate surface area is 124 Å². The van der Waals surface area contributed by atoms with Crippen molar-refractivity contribution in [3.63, 3.8) is 0 Å². The second-order valence-corrected chi connectivity index (χ2v) is 4.99. The Kier molecular flexibility index (Phi) is 4.59. The second-order valence-electron chi connectivity index (χ2n) is 4.58. The summed E-state index contributed by atoms with van der Waals surface area (Å²) in [6.07, 6.45) is 1.64. The lowest BCUT2D eigenvalue weighted by Gasteiger charge is -2.02. The molecule has 0 unspecified atom stereocenters. The minimum absolute atomic E-state index is 0.199. The van der Waals surface area contributed by atoms with Gasteiger partial charge in [0.2, 0.25) is 0 Å². The third-order valence-electron chi connectivity index (χ3n) is 2.88. The minimum Gasteiger partial charge on any atom is -0.507 e. The average molecular weight is 286 g/mol. The van der Waals surface area contributed by atoms with Gasteiger partial charge in [0, 0.05) is 22.4 Å². The lowest BCUT2D eigenvalue weighted by Crippen LogP contribution is -1.89. The third kappa shape index (κ3) is 3.72. The van der Waals surface area contributed by atoms with Crippen LogP contribution in [0.5, 0.6) is 0 Å². The van der Waals surface area contributed by atoms with Gasteiger partial charge >= 0.3 is 0 Å². The predicted molar refractivity (Wildman–Crippen MR) is 86.0 cm³/mol. The summed E-state index contributed by atoms with van der Waals surface area (Å²) in [5.41, 5.74) is 3.27. The smallest absolute Gasteiger partial charge is 0.124 e. The standard InChI is InChI=1S/C17H16ClNO/c1-12-8-9-15(11-16(12)18)19-13(2)10-17(20)14-6-4-3-5-7-14/h3-11,20H,1-2H3/b17-10-,19-13+. The fourth-order valence-corrected chi connectivity index (χ4v) is 1.95. The average Bonchev–Trinajstić information content (AvgIpc) is 2.44. The van der Waals surface area contributed by atoms with Crippen LogP contribution in [0.25, 0.3) is 5.76 Å². The van der Waals surface area contributed by atoms with Gasteiger partial charge in [0.15, 0.2) is 0 Å². The fraction of sp³-hybridized carbons (Fsp3) is 0.118. The summed E-state index contributed by atoms with van der Waals surface area (Å²) in [7, 11) is 0. The van der Waals surface area contributed by atoms with Gasteiger partial charge in [-0.1, -0.05) is 48.0 Å². The summed E-state index contributed by atoms with van der Waals surface area (Å²) >= 11 is 6.06. The van der Waals surface area contributed by atoms with E-state index in [1.807, 2.05) is 62.4 Å². The summed E-state index contributed by atoms with van der Waals surface area (Å²) in [5, 5.41) is 10.7. The van der Waals surface area contributed by atoms with Crippen LogP contribution in [-0.2, 0) is 0 Å². The Morgan fingerprint density at radius 2 is 1.85 bits per heavy atom. The molecular formula is C17H16ClNO. The Morgan fingerprint density at radius 3 is 2.50 bits per heavy atom. The van der Waals surface area contributed by atoms with Crippen molar-refractivity contribution >= 4 is 28.8 Å². The molecule has 2 nitrogen and oxygen atoms in total. The molecule has 0 atom stereocenters. The summed E-state index contributed by atoms with van der Waals surface area (Å²) in [4.78, 5) is 4.42. The van der Waals surface area contributed by atoms with Crippen molar-refractivity contribution in [2.75, 3.05) is 0 Å². The first-order valence-electron chi connectivity index (χ1n) is 6.34. The quantitative estimate of drug-likeness (QED) is 0.599. The summed E-state index contributed by atoms with van der Waals surface area (Å²) in [6, 6.07) is 15.0. The van der Waals surface area contributed by atoms with Gasteiger partial charge < -0.3 is 5.11 Å². The maximum absolute atomic E-state index is 10.0. The van der Waals surface area contributed by atoms with Gasteiger partial charge in [-0.05, 0) is 31.5 Å². The minimum atomic E-state index is 0.199. The number of allylic oxidation sites excluding steroid dienone is 1. The van der Waals surface area contributed by atoms with E-state index in [1.165, 1.54) is 0 Å². The molecule has 2 rings (SSSR count). The number of aryl methyl sites for hydroxylation is 1. The van der Waals surface area contributed by atoms with Crippen LogP contribution < -0.4 is 0 Å². The number of aliphatic imine (C=N–C) groups is 1. The van der Waals surface area contributed by atoms with E-state index < -0.39 is 0 Å². The van der Waals surface area contributed by atoms with Crippen LogP contribution in [0.4, 0.5) is 5.69 Å². The van der Waals surface area contributed by atoms with Crippen LogP contribution in [-0.4, -0.2) is 10.8 Å². The Morgan fingerprint density at radius 1 is 1.15 bits per heavy atom. The molecule has 2 aromatic rings. The second kappa shape index (κ2) is 6.40. The van der Waals surface area contributed by atoms with Crippen molar-refractivity contribution in [2.45, 2.75) is 13.8 Å². The summed E-state index contributed by atoms with van der Waals surface area (Å²) in [5.74, 6) is 0.199. The van der Waals surface area contributed by atoms with Gasteiger partial charge in [0.05, 0.1) is 5.69 Å². The molecular weight excluding hydrogens is 270 g/mol. The molecule has 0 aliphatic heterocycles. The number of benzene rings is 2. The molecule has 0 spiro atoms. The van der Waals surface area contributed by atoms with Crippen molar-refractivity contribution < 1.29 is 5.11 Å². The van der Waals surface area contributed by atoms with Gasteiger partial charge in [0.1, 0.15) is 5.76 Å². The lowest BCUT2D eigenvalue weighted by molar-refractivity contribution is 0.512. The molecule has 0 saturated heterocycles. The third-order valence-corrected chi connectivity index (χ3v) is 3.28. The van der Waals surface area contributed by atoms with Crippen LogP contribution in [0.15, 0.2) is 59.6 Å². The highest BCUT2D eigenvalue weighted by atomic mass is 35.5. The molecule has 20 heavy (non-hydrogen) atoms. The van der Waals surface area contributed by atoms with Crippen LogP contribution >= 0.6 is 11.6 Å². The van der Waals surface area contributed by atoms with Crippen molar-refractivity contribution in [2.24, 2.45) is 4.99 Å². The van der Waals surface area contributed by atoms with Gasteiger partial charge in [-0.15, -0.1) is 0 Å². The number of rotatable bonds is 3. The molecule has 0 amide bonds. The molecule has 1 N–H and O–H groups in total. The Bertz CT molecular complexity index is 660. The zero-order chi connectivity index (χ0) is 14.5. The zero-order valence-electron chi connectivity index (χ0n) is 11.5. The molecule has 0 aromatic heterocycles. The van der Waals surface area contributed by atoms with Crippen LogP contribution in [0.2, 0.25) is 5.02 Å². The lowest BCUT2D eigenvalue weighted by atomic mass is 10.1. The molecule has 0 heterocycles. The first kappa shape index (κ1) is 14.4. The van der Waals surface area contributed by atoms with Crippen molar-refractivity contribution in [3.8, 4) is 0 Å². The van der Waals surface area contributed by atoms with E-state index in [4.69, 9.17) is 11.6 Å². The topological polar surface area (TPSA) is 32.6 Å². The van der Waals surface area contributed by atoms with E-state index in [0.717, 1.165) is 16.8 Å². The van der Waals surface area contributed by atoms with Gasteiger partial charge in [0.25, 0.3) is 0 Å². The van der Waals surface area contributed by atoms with Gasteiger partial charge in [-0.3, -0.25) is 4.99 Å². The number of hydrogen-bond donors (Lipinski definition) is 1. The maximum atomic E-state index is 10.0. The van der Waals surface area contributed by atoms with Crippen molar-refractivity contribution in [1.29, 1.82) is 0 Å². The van der Waals surface area contributed by atoms with Gasteiger partial charge in [-0.25, -0.2) is 0 Å². The highest BCUT2D eigenvalue weighted by Crippen LogP contribution is 2.22. The monoisotopic (exact) mass is 285 g/mol. The first-order chi connectivity index (χ1) is 9.56. The maximum Gasteiger partial charge on any atom is 0.124 e. The van der Waals surface area contributed by atoms with E-state index >= 15 is 0 Å². The number of aliphatic hydroxyl groups is 1. The molecule has 0 bridgehead atoms. The van der Waals surface area contributed by atoms with E-state index in [1.54, 1.807) is 6.08 Å². The van der Waals surface area contributed by atoms with Crippen LogP contribution in [0.1, 0.15) is 18.1 Å². The van der Waals surface area contributed by atoms with E-state index in [2.05, 4.69) is 4.99 Å².